The van der Waals surface area contributed by atoms with E-state index < -0.39 is 0 Å². The zero-order chi connectivity index (χ0) is 15.0. The fourth-order valence-corrected chi connectivity index (χ4v) is 1.66. The van der Waals surface area contributed by atoms with Gasteiger partial charge in [-0.05, 0) is 42.5 Å². The molecule has 1 unspecified atom stereocenters. The van der Waals surface area contributed by atoms with E-state index in [0.29, 0.717) is 31.1 Å². The van der Waals surface area contributed by atoms with E-state index in [9.17, 15) is 4.79 Å². The molecule has 0 saturated carbocycles. The number of ether oxygens (including phenoxy) is 1. The molecule has 112 valence electrons. The van der Waals surface area contributed by atoms with Gasteiger partial charge in [0.2, 0.25) is 0 Å². The van der Waals surface area contributed by atoms with Crippen molar-refractivity contribution in [3.8, 4) is 5.75 Å². The second-order valence-electron chi connectivity index (χ2n) is 5.56. The second-order valence-corrected chi connectivity index (χ2v) is 5.56. The number of carbonyl (C=O) groups excluding carboxylic acids is 1. The summed E-state index contributed by atoms with van der Waals surface area (Å²) in [4.78, 5) is 11.9. The van der Waals surface area contributed by atoms with Crippen LogP contribution in [0.15, 0.2) is 24.3 Å². The van der Waals surface area contributed by atoms with Crippen LogP contribution in [0.25, 0.3) is 0 Å². The highest BCUT2D eigenvalue weighted by Gasteiger charge is 2.08. The fraction of sp³-hybridized carbons (Fsp3) is 0.562. The number of aliphatic hydroxyl groups excluding tert-OH is 1. The number of aliphatic hydroxyl groups is 1. The van der Waals surface area contributed by atoms with E-state index in [4.69, 9.17) is 9.84 Å². The largest absolute Gasteiger partial charge is 0.493 e. The molecule has 4 heteroatoms. The van der Waals surface area contributed by atoms with Crippen molar-refractivity contribution >= 4 is 5.91 Å². The summed E-state index contributed by atoms with van der Waals surface area (Å²) in [5.41, 5.74) is 0.623. The van der Waals surface area contributed by atoms with Crippen LogP contribution < -0.4 is 10.1 Å². The molecule has 0 fully saturated rings. The van der Waals surface area contributed by atoms with Gasteiger partial charge in [-0.3, -0.25) is 4.79 Å². The number of amides is 1. The van der Waals surface area contributed by atoms with E-state index in [1.807, 2.05) is 19.1 Å². The Morgan fingerprint density at radius 1 is 1.25 bits per heavy atom. The number of carbonyl (C=O) groups is 1. The molecule has 0 spiro atoms. The Balaban J connectivity index is 2.45. The van der Waals surface area contributed by atoms with E-state index >= 15 is 0 Å². The molecule has 0 aromatic heterocycles. The number of nitrogens with one attached hydrogen (secondary N) is 1. The van der Waals surface area contributed by atoms with E-state index in [1.165, 1.54) is 0 Å². The van der Waals surface area contributed by atoms with Crippen LogP contribution >= 0.6 is 0 Å². The molecule has 4 nitrogen and oxygen atoms in total. The van der Waals surface area contributed by atoms with Gasteiger partial charge in [-0.2, -0.15) is 0 Å². The number of hydrogen-bond donors (Lipinski definition) is 2. The molecule has 1 aromatic rings. The molecule has 0 aliphatic heterocycles. The van der Waals surface area contributed by atoms with E-state index in [0.717, 1.165) is 5.75 Å². The number of benzene rings is 1. The summed E-state index contributed by atoms with van der Waals surface area (Å²) in [6.07, 6.45) is 0.697. The highest BCUT2D eigenvalue weighted by molar-refractivity contribution is 5.94. The zero-order valence-electron chi connectivity index (χ0n) is 12.6. The van der Waals surface area contributed by atoms with Crippen molar-refractivity contribution in [1.82, 2.24) is 5.32 Å². The predicted octanol–water partition coefficient (Wildman–Crippen LogP) is 2.47. The van der Waals surface area contributed by atoms with Crippen LogP contribution in [0.2, 0.25) is 0 Å². The molecule has 0 saturated heterocycles. The normalized spacial score (nSPS) is 12.2. The Bertz CT molecular complexity index is 401. The first-order valence-corrected chi connectivity index (χ1v) is 7.14. The van der Waals surface area contributed by atoms with Crippen molar-refractivity contribution in [2.75, 3.05) is 19.8 Å². The fourth-order valence-electron chi connectivity index (χ4n) is 1.66. The van der Waals surface area contributed by atoms with Gasteiger partial charge in [0.25, 0.3) is 5.91 Å². The lowest BCUT2D eigenvalue weighted by atomic mass is 10.1. The van der Waals surface area contributed by atoms with Gasteiger partial charge in [0, 0.05) is 18.7 Å². The second kappa shape index (κ2) is 8.59. The quantitative estimate of drug-likeness (QED) is 0.768. The van der Waals surface area contributed by atoms with Crippen LogP contribution in [-0.2, 0) is 0 Å². The summed E-state index contributed by atoms with van der Waals surface area (Å²) in [6, 6.07) is 7.16. The summed E-state index contributed by atoms with van der Waals surface area (Å²) in [6.45, 7) is 7.58. The molecule has 1 aromatic carbocycles. The minimum absolute atomic E-state index is 0.0924. The van der Waals surface area contributed by atoms with Crippen LogP contribution in [0.3, 0.4) is 0 Å². The first-order chi connectivity index (χ1) is 9.52. The van der Waals surface area contributed by atoms with Crippen molar-refractivity contribution in [3.05, 3.63) is 29.8 Å². The zero-order valence-corrected chi connectivity index (χ0v) is 12.6. The minimum Gasteiger partial charge on any atom is -0.493 e. The summed E-state index contributed by atoms with van der Waals surface area (Å²) in [5.74, 6) is 1.44. The van der Waals surface area contributed by atoms with Gasteiger partial charge in [0.15, 0.2) is 0 Å². The smallest absolute Gasteiger partial charge is 0.251 e. The van der Waals surface area contributed by atoms with Crippen LogP contribution in [0, 0.1) is 11.8 Å². The standard InChI is InChI=1S/C16H25NO3/c1-12(2)11-20-15-6-4-14(5-7-15)16(19)17-10-13(3)8-9-18/h4-7,12-13,18H,8-11H2,1-3H3,(H,17,19). The van der Waals surface area contributed by atoms with Gasteiger partial charge in [0.05, 0.1) is 6.61 Å². The number of hydrogen-bond acceptors (Lipinski definition) is 3. The van der Waals surface area contributed by atoms with E-state index in [1.54, 1.807) is 12.1 Å². The van der Waals surface area contributed by atoms with Crippen LogP contribution in [0.1, 0.15) is 37.6 Å². The monoisotopic (exact) mass is 279 g/mol. The third kappa shape index (κ3) is 6.06. The molecule has 0 aliphatic rings. The molecule has 0 aliphatic carbocycles. The lowest BCUT2D eigenvalue weighted by Crippen LogP contribution is -2.28. The van der Waals surface area contributed by atoms with Crippen molar-refractivity contribution in [2.45, 2.75) is 27.2 Å². The summed E-state index contributed by atoms with van der Waals surface area (Å²) in [7, 11) is 0. The Kier molecular flexibility index (Phi) is 7.09. The van der Waals surface area contributed by atoms with Gasteiger partial charge in [-0.25, -0.2) is 0 Å². The molecule has 0 bridgehead atoms. The number of rotatable bonds is 8. The minimum atomic E-state index is -0.0924. The van der Waals surface area contributed by atoms with Gasteiger partial charge < -0.3 is 15.2 Å². The van der Waals surface area contributed by atoms with Gasteiger partial charge in [-0.15, -0.1) is 0 Å². The van der Waals surface area contributed by atoms with Crippen LogP contribution in [0.4, 0.5) is 0 Å². The average molecular weight is 279 g/mol. The molecular formula is C16H25NO3. The highest BCUT2D eigenvalue weighted by Crippen LogP contribution is 2.13. The van der Waals surface area contributed by atoms with Crippen molar-refractivity contribution in [2.24, 2.45) is 11.8 Å². The lowest BCUT2D eigenvalue weighted by molar-refractivity contribution is 0.0945. The molecule has 2 N–H and O–H groups in total. The molecule has 1 atom stereocenters. The maximum Gasteiger partial charge on any atom is 0.251 e. The van der Waals surface area contributed by atoms with Gasteiger partial charge >= 0.3 is 0 Å². The summed E-state index contributed by atoms with van der Waals surface area (Å²) < 4.78 is 5.57. The molecule has 0 radical (unpaired) electrons. The van der Waals surface area contributed by atoms with Gasteiger partial charge in [-0.1, -0.05) is 20.8 Å². The average Bonchev–Trinajstić information content (AvgIpc) is 2.43. The van der Waals surface area contributed by atoms with Crippen LogP contribution in [0.5, 0.6) is 5.75 Å². The molecule has 0 heterocycles. The van der Waals surface area contributed by atoms with Gasteiger partial charge in [0.1, 0.15) is 5.75 Å². The van der Waals surface area contributed by atoms with E-state index in [-0.39, 0.29) is 18.4 Å². The summed E-state index contributed by atoms with van der Waals surface area (Å²) in [5, 5.41) is 11.7. The SMILES string of the molecule is CC(C)COc1ccc(C(=O)NCC(C)CCO)cc1. The van der Waals surface area contributed by atoms with E-state index in [2.05, 4.69) is 19.2 Å². The van der Waals surface area contributed by atoms with Crippen LogP contribution in [-0.4, -0.2) is 30.8 Å². The Morgan fingerprint density at radius 2 is 1.90 bits per heavy atom. The Morgan fingerprint density at radius 3 is 2.45 bits per heavy atom. The highest BCUT2D eigenvalue weighted by atomic mass is 16.5. The molecule has 1 rings (SSSR count). The third-order valence-corrected chi connectivity index (χ3v) is 2.93. The topological polar surface area (TPSA) is 58.6 Å². The molecule has 20 heavy (non-hydrogen) atoms. The maximum atomic E-state index is 11.9. The molecular weight excluding hydrogens is 254 g/mol. The lowest BCUT2D eigenvalue weighted by Gasteiger charge is -2.12. The van der Waals surface area contributed by atoms with Crippen molar-refractivity contribution in [3.63, 3.8) is 0 Å². The first kappa shape index (κ1) is 16.5. The van der Waals surface area contributed by atoms with Crippen molar-refractivity contribution < 1.29 is 14.6 Å². The first-order valence-electron chi connectivity index (χ1n) is 7.14. The summed E-state index contributed by atoms with van der Waals surface area (Å²) >= 11 is 0. The Labute approximate surface area is 121 Å². The Hall–Kier alpha value is -1.55. The third-order valence-electron chi connectivity index (χ3n) is 2.93. The maximum absolute atomic E-state index is 11.9. The molecule has 1 amide bonds. The predicted molar refractivity (Wildman–Crippen MR) is 80.0 cm³/mol. The van der Waals surface area contributed by atoms with Crippen molar-refractivity contribution in [1.29, 1.82) is 0 Å².